The first kappa shape index (κ1) is 8.29. The van der Waals surface area contributed by atoms with Crippen LogP contribution in [0, 0.1) is 0 Å². The number of hydrazine groups is 1. The number of nitrogens with two attached hydrogens (primary N) is 1. The molecule has 60 valence electrons. The molecule has 0 atom stereocenters. The Morgan fingerprint density at radius 2 is 2.36 bits per heavy atom. The summed E-state index contributed by atoms with van der Waals surface area (Å²) in [6, 6.07) is 0. The van der Waals surface area contributed by atoms with Gasteiger partial charge in [0.25, 0.3) is 0 Å². The van der Waals surface area contributed by atoms with Gasteiger partial charge in [-0.05, 0) is 15.9 Å². The maximum absolute atomic E-state index is 5.24. The second kappa shape index (κ2) is 3.54. The van der Waals surface area contributed by atoms with E-state index in [4.69, 9.17) is 10.6 Å². The van der Waals surface area contributed by atoms with E-state index in [2.05, 4.69) is 26.3 Å². The third-order valence-corrected chi connectivity index (χ3v) is 1.83. The van der Waals surface area contributed by atoms with Crippen LogP contribution in [0.25, 0.3) is 0 Å². The van der Waals surface area contributed by atoms with E-state index in [0.29, 0.717) is 11.4 Å². The van der Waals surface area contributed by atoms with E-state index in [-0.39, 0.29) is 0 Å². The van der Waals surface area contributed by atoms with E-state index < -0.39 is 0 Å². The highest BCUT2D eigenvalue weighted by Crippen LogP contribution is 2.29. The second-order valence-electron chi connectivity index (χ2n) is 1.84. The fraction of sp³-hybridized carbons (Fsp3) is 0.167. The molecule has 0 aliphatic rings. The number of nitrogen functional groups attached to an aromatic ring is 1. The fourth-order valence-corrected chi connectivity index (χ4v) is 1.14. The van der Waals surface area contributed by atoms with E-state index >= 15 is 0 Å². The van der Waals surface area contributed by atoms with Gasteiger partial charge in [0.15, 0.2) is 5.75 Å². The predicted molar refractivity (Wildman–Crippen MR) is 46.3 cm³/mol. The molecule has 0 spiro atoms. The smallest absolute Gasteiger partial charge is 0.162 e. The summed E-state index contributed by atoms with van der Waals surface area (Å²) in [6.45, 7) is 0. The van der Waals surface area contributed by atoms with Gasteiger partial charge in [0.1, 0.15) is 5.69 Å². The Morgan fingerprint density at radius 3 is 2.82 bits per heavy atom. The Labute approximate surface area is 72.9 Å². The van der Waals surface area contributed by atoms with E-state index in [9.17, 15) is 0 Å². The minimum absolute atomic E-state index is 0.613. The summed E-state index contributed by atoms with van der Waals surface area (Å²) in [7, 11) is 1.56. The van der Waals surface area contributed by atoms with Gasteiger partial charge in [0.2, 0.25) is 0 Å². The average molecular weight is 218 g/mol. The van der Waals surface area contributed by atoms with E-state index in [1.54, 1.807) is 19.5 Å². The van der Waals surface area contributed by atoms with Crippen LogP contribution >= 0.6 is 15.9 Å². The van der Waals surface area contributed by atoms with Gasteiger partial charge in [-0.2, -0.15) is 0 Å². The molecule has 1 rings (SSSR count). The summed E-state index contributed by atoms with van der Waals surface area (Å²) in [5.74, 6) is 5.85. The zero-order valence-corrected chi connectivity index (χ0v) is 7.55. The SMILES string of the molecule is COc1cncc(Br)c1NN. The van der Waals surface area contributed by atoms with Gasteiger partial charge >= 0.3 is 0 Å². The molecule has 0 saturated carbocycles. The van der Waals surface area contributed by atoms with Crippen molar-refractivity contribution in [2.24, 2.45) is 5.84 Å². The van der Waals surface area contributed by atoms with Gasteiger partial charge in [-0.1, -0.05) is 0 Å². The molecule has 11 heavy (non-hydrogen) atoms. The summed E-state index contributed by atoms with van der Waals surface area (Å²) in [5, 5.41) is 0. The summed E-state index contributed by atoms with van der Waals surface area (Å²) in [6.07, 6.45) is 3.22. The maximum Gasteiger partial charge on any atom is 0.162 e. The monoisotopic (exact) mass is 217 g/mol. The van der Waals surface area contributed by atoms with Crippen molar-refractivity contribution in [2.45, 2.75) is 0 Å². The lowest BCUT2D eigenvalue weighted by atomic mass is 10.4. The number of ether oxygens (including phenoxy) is 1. The highest BCUT2D eigenvalue weighted by molar-refractivity contribution is 9.10. The van der Waals surface area contributed by atoms with Crippen LogP contribution in [0.5, 0.6) is 5.75 Å². The van der Waals surface area contributed by atoms with Crippen LogP contribution in [-0.4, -0.2) is 12.1 Å². The number of pyridine rings is 1. The molecule has 0 aromatic carbocycles. The van der Waals surface area contributed by atoms with Crippen molar-refractivity contribution >= 4 is 21.6 Å². The van der Waals surface area contributed by atoms with Gasteiger partial charge < -0.3 is 10.2 Å². The van der Waals surface area contributed by atoms with Crippen molar-refractivity contribution < 1.29 is 4.74 Å². The highest BCUT2D eigenvalue weighted by Gasteiger charge is 2.04. The Bertz CT molecular complexity index is 254. The van der Waals surface area contributed by atoms with Crippen molar-refractivity contribution in [1.29, 1.82) is 0 Å². The summed E-state index contributed by atoms with van der Waals surface area (Å²) in [4.78, 5) is 3.90. The summed E-state index contributed by atoms with van der Waals surface area (Å²) >= 11 is 3.26. The minimum atomic E-state index is 0.613. The Morgan fingerprint density at radius 1 is 1.64 bits per heavy atom. The number of nitrogens with zero attached hydrogens (tertiary/aromatic N) is 1. The molecule has 4 nitrogen and oxygen atoms in total. The zero-order valence-electron chi connectivity index (χ0n) is 5.97. The van der Waals surface area contributed by atoms with Gasteiger partial charge in [0, 0.05) is 6.20 Å². The Hall–Kier alpha value is -0.810. The van der Waals surface area contributed by atoms with Crippen molar-refractivity contribution in [3.63, 3.8) is 0 Å². The number of halogens is 1. The molecule has 0 aliphatic heterocycles. The van der Waals surface area contributed by atoms with E-state index in [0.717, 1.165) is 4.47 Å². The number of hydrogen-bond acceptors (Lipinski definition) is 4. The molecule has 0 aliphatic carbocycles. The number of aromatic nitrogens is 1. The van der Waals surface area contributed by atoms with Crippen LogP contribution in [0.15, 0.2) is 16.9 Å². The summed E-state index contributed by atoms with van der Waals surface area (Å²) < 4.78 is 5.76. The standard InChI is InChI=1S/C6H8BrN3O/c1-11-5-3-9-2-4(7)6(5)10-8/h2-3H,8H2,1H3,(H,9,10). The first-order valence-corrected chi connectivity index (χ1v) is 3.73. The van der Waals surface area contributed by atoms with E-state index in [1.165, 1.54) is 0 Å². The van der Waals surface area contributed by atoms with Crippen LogP contribution in [-0.2, 0) is 0 Å². The lowest BCUT2D eigenvalue weighted by Gasteiger charge is -2.07. The van der Waals surface area contributed by atoms with Gasteiger partial charge in [-0.15, -0.1) is 0 Å². The first-order chi connectivity index (χ1) is 5.29. The maximum atomic E-state index is 5.24. The third-order valence-electron chi connectivity index (χ3n) is 1.23. The highest BCUT2D eigenvalue weighted by atomic mass is 79.9. The molecule has 5 heteroatoms. The molecule has 1 aromatic heterocycles. The van der Waals surface area contributed by atoms with Crippen LogP contribution < -0.4 is 16.0 Å². The van der Waals surface area contributed by atoms with Crippen LogP contribution in [0.3, 0.4) is 0 Å². The topological polar surface area (TPSA) is 60.2 Å². The van der Waals surface area contributed by atoms with Crippen molar-refractivity contribution in [3.05, 3.63) is 16.9 Å². The molecule has 0 amide bonds. The lowest BCUT2D eigenvalue weighted by molar-refractivity contribution is 0.414. The molecule has 1 aromatic rings. The van der Waals surface area contributed by atoms with Crippen molar-refractivity contribution in [3.8, 4) is 5.75 Å². The Balaban J connectivity index is 3.13. The van der Waals surface area contributed by atoms with Gasteiger partial charge in [0.05, 0.1) is 17.8 Å². The first-order valence-electron chi connectivity index (χ1n) is 2.93. The second-order valence-corrected chi connectivity index (χ2v) is 2.70. The Kier molecular flexibility index (Phi) is 2.67. The molecule has 0 fully saturated rings. The van der Waals surface area contributed by atoms with Gasteiger partial charge in [-0.25, -0.2) is 0 Å². The van der Waals surface area contributed by atoms with Gasteiger partial charge in [-0.3, -0.25) is 10.8 Å². The largest absolute Gasteiger partial charge is 0.493 e. The number of hydrogen-bond donors (Lipinski definition) is 2. The molecule has 0 unspecified atom stereocenters. The molecule has 3 N–H and O–H groups in total. The molecular weight excluding hydrogens is 210 g/mol. The third kappa shape index (κ3) is 1.61. The fourth-order valence-electron chi connectivity index (χ4n) is 0.712. The lowest BCUT2D eigenvalue weighted by Crippen LogP contribution is -2.08. The predicted octanol–water partition coefficient (Wildman–Crippen LogP) is 1.14. The minimum Gasteiger partial charge on any atom is -0.493 e. The quantitative estimate of drug-likeness (QED) is 0.577. The van der Waals surface area contributed by atoms with Crippen LogP contribution in [0.4, 0.5) is 5.69 Å². The summed E-state index contributed by atoms with van der Waals surface area (Å²) in [5.41, 5.74) is 3.20. The number of rotatable bonds is 2. The van der Waals surface area contributed by atoms with Crippen molar-refractivity contribution in [1.82, 2.24) is 4.98 Å². The molecule has 1 heterocycles. The molecular formula is C6H8BrN3O. The average Bonchev–Trinajstić information content (AvgIpc) is 2.04. The van der Waals surface area contributed by atoms with Crippen LogP contribution in [0.2, 0.25) is 0 Å². The molecule has 0 radical (unpaired) electrons. The molecule has 0 saturated heterocycles. The molecule has 0 bridgehead atoms. The number of nitrogens with one attached hydrogen (secondary N) is 1. The van der Waals surface area contributed by atoms with Crippen molar-refractivity contribution in [2.75, 3.05) is 12.5 Å². The number of methoxy groups -OCH3 is 1. The normalized spacial score (nSPS) is 9.36. The zero-order chi connectivity index (χ0) is 8.27. The van der Waals surface area contributed by atoms with Crippen LogP contribution in [0.1, 0.15) is 0 Å². The van der Waals surface area contributed by atoms with E-state index in [1.807, 2.05) is 0 Å². The number of anilines is 1.